The summed E-state index contributed by atoms with van der Waals surface area (Å²) in [6.07, 6.45) is 6.79. The number of para-hydroxylation sites is 1. The van der Waals surface area contributed by atoms with Gasteiger partial charge >= 0.3 is 0 Å². The van der Waals surface area contributed by atoms with Crippen molar-refractivity contribution in [2.24, 2.45) is 0 Å². The second-order valence-corrected chi connectivity index (χ2v) is 10.7. The average Bonchev–Trinajstić information content (AvgIpc) is 3.76. The Balaban J connectivity index is 1.31. The van der Waals surface area contributed by atoms with Crippen molar-refractivity contribution in [3.05, 3.63) is 77.7 Å². The molecular formula is C34H35N9O3. The van der Waals surface area contributed by atoms with E-state index in [0.717, 1.165) is 48.4 Å². The van der Waals surface area contributed by atoms with Crippen molar-refractivity contribution in [3.63, 3.8) is 0 Å². The average molecular weight is 618 g/mol. The van der Waals surface area contributed by atoms with Crippen molar-refractivity contribution < 1.29 is 14.3 Å². The highest BCUT2D eigenvalue weighted by atomic mass is 16.5. The Kier molecular flexibility index (Phi) is 8.94. The number of nitrogens with one attached hydrogen (secondary N) is 4. The van der Waals surface area contributed by atoms with Crippen molar-refractivity contribution in [2.75, 3.05) is 47.2 Å². The Morgan fingerprint density at radius 3 is 2.52 bits per heavy atom. The van der Waals surface area contributed by atoms with Crippen LogP contribution in [-0.2, 0) is 22.4 Å². The van der Waals surface area contributed by atoms with E-state index in [1.165, 1.54) is 0 Å². The summed E-state index contributed by atoms with van der Waals surface area (Å²) < 4.78 is 7.27. The van der Waals surface area contributed by atoms with Crippen molar-refractivity contribution in [1.29, 1.82) is 0 Å². The van der Waals surface area contributed by atoms with Gasteiger partial charge < -0.3 is 30.2 Å². The lowest BCUT2D eigenvalue weighted by atomic mass is 10.0. The van der Waals surface area contributed by atoms with Gasteiger partial charge in [0.05, 0.1) is 41.7 Å². The fourth-order valence-electron chi connectivity index (χ4n) is 5.47. The lowest BCUT2D eigenvalue weighted by Gasteiger charge is -2.29. The minimum absolute atomic E-state index is 0.207. The van der Waals surface area contributed by atoms with Crippen molar-refractivity contribution in [1.82, 2.24) is 24.7 Å². The van der Waals surface area contributed by atoms with E-state index in [1.807, 2.05) is 36.4 Å². The fraction of sp³-hybridized carbons (Fsp3) is 0.265. The molecule has 0 aliphatic carbocycles. The maximum Gasteiger partial charge on any atom is 0.300 e. The maximum absolute atomic E-state index is 13.4. The number of fused-ring (bicyclic) bond motifs is 1. The topological polar surface area (TPSA) is 142 Å². The molecule has 4 heterocycles. The number of anilines is 5. The summed E-state index contributed by atoms with van der Waals surface area (Å²) in [5.74, 6) is 5.33. The first-order valence-corrected chi connectivity index (χ1v) is 15.3. The zero-order chi connectivity index (χ0) is 32.0. The number of H-pyrrole nitrogens is 1. The van der Waals surface area contributed by atoms with Crippen LogP contribution < -0.4 is 20.9 Å². The molecule has 4 N–H and O–H groups in total. The number of benzene rings is 2. The number of hydrogen-bond acceptors (Lipinski definition) is 8. The monoisotopic (exact) mass is 617 g/mol. The molecule has 1 fully saturated rings. The number of ether oxygens (including phenoxy) is 1. The van der Waals surface area contributed by atoms with E-state index < -0.39 is 5.91 Å². The summed E-state index contributed by atoms with van der Waals surface area (Å²) in [6.45, 7) is 8.54. The third-order valence-corrected chi connectivity index (χ3v) is 7.84. The molecule has 0 unspecified atom stereocenters. The molecule has 2 amide bonds. The molecule has 1 aliphatic heterocycles. The molecule has 46 heavy (non-hydrogen) atoms. The van der Waals surface area contributed by atoms with Gasteiger partial charge in [-0.15, -0.1) is 0 Å². The molecule has 6 rings (SSSR count). The van der Waals surface area contributed by atoms with Gasteiger partial charge in [0.25, 0.3) is 11.8 Å². The quantitative estimate of drug-likeness (QED) is 0.168. The number of rotatable bonds is 9. The van der Waals surface area contributed by atoms with Gasteiger partial charge in [0, 0.05) is 36.9 Å². The lowest BCUT2D eigenvalue weighted by molar-refractivity contribution is -0.111. The number of morpholine rings is 1. The Bertz CT molecular complexity index is 1940. The first-order valence-electron chi connectivity index (χ1n) is 15.3. The summed E-state index contributed by atoms with van der Waals surface area (Å²) in [7, 11) is 0. The zero-order valence-electron chi connectivity index (χ0n) is 26.0. The number of carbonyl (C=O) groups excluding carboxylic acids is 2. The van der Waals surface area contributed by atoms with Crippen LogP contribution in [0.1, 0.15) is 42.3 Å². The van der Waals surface area contributed by atoms with Crippen LogP contribution in [0.3, 0.4) is 0 Å². The Morgan fingerprint density at radius 1 is 1.00 bits per heavy atom. The summed E-state index contributed by atoms with van der Waals surface area (Å²) >= 11 is 0. The van der Waals surface area contributed by atoms with Crippen LogP contribution in [0.5, 0.6) is 0 Å². The molecule has 0 bridgehead atoms. The summed E-state index contributed by atoms with van der Waals surface area (Å²) in [5, 5.41) is 17.0. The van der Waals surface area contributed by atoms with E-state index in [1.54, 1.807) is 36.1 Å². The number of aromatic nitrogens is 5. The molecule has 0 saturated carbocycles. The highest BCUT2D eigenvalue weighted by molar-refractivity contribution is 6.06. The van der Waals surface area contributed by atoms with Crippen molar-refractivity contribution >= 4 is 51.5 Å². The molecular weight excluding hydrogens is 582 g/mol. The van der Waals surface area contributed by atoms with Crippen LogP contribution in [0.4, 0.5) is 28.7 Å². The number of carbonyl (C=O) groups is 2. The van der Waals surface area contributed by atoms with Crippen LogP contribution in [0.25, 0.3) is 16.9 Å². The molecule has 0 radical (unpaired) electrons. The molecule has 5 aromatic rings. The summed E-state index contributed by atoms with van der Waals surface area (Å²) in [6, 6.07) is 13.6. The normalized spacial score (nSPS) is 12.8. The predicted molar refractivity (Wildman–Crippen MR) is 179 cm³/mol. The van der Waals surface area contributed by atoms with Gasteiger partial charge in [-0.05, 0) is 61.1 Å². The highest BCUT2D eigenvalue weighted by Gasteiger charge is 2.18. The van der Waals surface area contributed by atoms with E-state index in [4.69, 9.17) is 9.72 Å². The van der Waals surface area contributed by atoms with E-state index >= 15 is 0 Å². The minimum atomic E-state index is -0.430. The SMILES string of the molecule is CC#CC(=O)Nc1cc(N2CCOCC2)ccc1Nc1nc(-n2ccc(C(=O)Nc3c(CC)cccc3CC)c2)c2cn[nH]c2n1. The van der Waals surface area contributed by atoms with Gasteiger partial charge in [-0.3, -0.25) is 14.7 Å². The predicted octanol–water partition coefficient (Wildman–Crippen LogP) is 5.06. The largest absolute Gasteiger partial charge is 0.378 e. The van der Waals surface area contributed by atoms with Crippen molar-refractivity contribution in [2.45, 2.75) is 33.6 Å². The molecule has 0 atom stereocenters. The molecule has 12 heteroatoms. The Labute approximate surface area is 266 Å². The van der Waals surface area contributed by atoms with Gasteiger partial charge in [0.1, 0.15) is 0 Å². The lowest BCUT2D eigenvalue weighted by Crippen LogP contribution is -2.36. The molecule has 1 aliphatic rings. The number of amides is 2. The third kappa shape index (κ3) is 6.40. The van der Waals surface area contributed by atoms with Crippen LogP contribution >= 0.6 is 0 Å². The highest BCUT2D eigenvalue weighted by Crippen LogP contribution is 2.31. The molecule has 0 spiro atoms. The fourth-order valence-corrected chi connectivity index (χ4v) is 5.47. The van der Waals surface area contributed by atoms with Gasteiger partial charge in [-0.1, -0.05) is 38.0 Å². The summed E-state index contributed by atoms with van der Waals surface area (Å²) in [5.41, 5.74) is 6.10. The van der Waals surface area contributed by atoms with Gasteiger partial charge in [-0.2, -0.15) is 15.1 Å². The van der Waals surface area contributed by atoms with Crippen LogP contribution in [-0.4, -0.2) is 62.9 Å². The van der Waals surface area contributed by atoms with Crippen LogP contribution in [0, 0.1) is 11.8 Å². The molecule has 234 valence electrons. The number of aromatic amines is 1. The first-order chi connectivity index (χ1) is 22.5. The second-order valence-electron chi connectivity index (χ2n) is 10.7. The van der Waals surface area contributed by atoms with Crippen LogP contribution in [0.15, 0.2) is 61.1 Å². The molecule has 12 nitrogen and oxygen atoms in total. The molecule has 2 aromatic carbocycles. The van der Waals surface area contributed by atoms with E-state index in [-0.39, 0.29) is 11.9 Å². The molecule has 3 aromatic heterocycles. The number of nitrogens with zero attached hydrogens (tertiary/aromatic N) is 5. The second kappa shape index (κ2) is 13.5. The Morgan fingerprint density at radius 2 is 1.78 bits per heavy atom. The minimum Gasteiger partial charge on any atom is -0.378 e. The van der Waals surface area contributed by atoms with Gasteiger partial charge in [0.2, 0.25) is 5.95 Å². The molecule has 1 saturated heterocycles. The number of hydrogen-bond donors (Lipinski definition) is 4. The van der Waals surface area contributed by atoms with Crippen molar-refractivity contribution in [3.8, 4) is 17.7 Å². The summed E-state index contributed by atoms with van der Waals surface area (Å²) in [4.78, 5) is 37.5. The maximum atomic E-state index is 13.4. The van der Waals surface area contributed by atoms with E-state index in [2.05, 4.69) is 61.7 Å². The number of aryl methyl sites for hydroxylation is 2. The van der Waals surface area contributed by atoms with E-state index in [0.29, 0.717) is 47.0 Å². The zero-order valence-corrected chi connectivity index (χ0v) is 26.0. The Hall–Kier alpha value is -5.67. The third-order valence-electron chi connectivity index (χ3n) is 7.84. The first kappa shape index (κ1) is 30.4. The smallest absolute Gasteiger partial charge is 0.300 e. The van der Waals surface area contributed by atoms with Gasteiger partial charge in [-0.25, -0.2) is 0 Å². The van der Waals surface area contributed by atoms with Crippen LogP contribution in [0.2, 0.25) is 0 Å². The van der Waals surface area contributed by atoms with E-state index in [9.17, 15) is 9.59 Å². The standard InChI is InChI=1S/C34H35N9O3/c1-4-8-29(44)36-28-19-25(42-15-17-46-18-16-42)11-12-27(28)37-34-39-31-26(20-35-41-31)32(40-34)43-14-13-24(21-43)33(45)38-30-22(5-2)9-7-10-23(30)6-3/h7,9-14,19-21H,5-6,15-18H2,1-3H3,(H,36,44)(H,38,45)(H2,35,37,39,40,41). The van der Waals surface area contributed by atoms with Gasteiger partial charge in [0.15, 0.2) is 11.5 Å².